The van der Waals surface area contributed by atoms with Crippen LogP contribution < -0.4 is 10.9 Å². The molecule has 0 saturated carbocycles. The summed E-state index contributed by atoms with van der Waals surface area (Å²) >= 11 is 0. The average molecular weight is 935 g/mol. The number of piperidine rings is 2. The number of ether oxygens (including phenoxy) is 2. The van der Waals surface area contributed by atoms with Gasteiger partial charge in [0.2, 0.25) is 5.91 Å². The summed E-state index contributed by atoms with van der Waals surface area (Å²) in [6.45, 7) is 11.3. The van der Waals surface area contributed by atoms with Crippen LogP contribution in [-0.2, 0) is 34.2 Å². The van der Waals surface area contributed by atoms with E-state index in [0.29, 0.717) is 67.3 Å². The van der Waals surface area contributed by atoms with Gasteiger partial charge in [0.1, 0.15) is 6.04 Å². The molecular formula is C54H62N8O7. The number of benzene rings is 4. The van der Waals surface area contributed by atoms with E-state index in [2.05, 4.69) is 22.2 Å². The fourth-order valence-corrected chi connectivity index (χ4v) is 10.1. The second kappa shape index (κ2) is 20.8. The third kappa shape index (κ3) is 10.9. The van der Waals surface area contributed by atoms with Crippen molar-refractivity contribution < 1.29 is 28.7 Å². The number of nitrogens with one attached hydrogen (secondary N) is 1. The standard InChI is InChI=1S/C54H62N8O7/c1-36-9-13-41(14-10-36)52(65)68-34-61-33-44-30-39(29-38(3)49(44)56-61)31-47(51(64)59-27-25-58(26-28-59)45-19-21-57(4)22-20-45)55-54(67)60-23-17-40(18-24-60)46-32-43-7-5-6-8-48(43)62(50(46)63)35-69-53(66)42-15-11-37(2)12-16-42/h5-16,29-30,32-33,40,45,47H,17-28,31,34-35H2,1-4H3,(H,55,67)/t47-/m1/s1. The smallest absolute Gasteiger partial charge is 0.339 e. The number of fused-ring (bicyclic) bond motifs is 2. The highest BCUT2D eigenvalue weighted by Crippen LogP contribution is 2.29. The molecule has 1 N–H and O–H groups in total. The number of urea groups is 1. The Bertz CT molecular complexity index is 2890. The van der Waals surface area contributed by atoms with Crippen LogP contribution in [0.4, 0.5) is 4.79 Å². The number of hydrogen-bond donors (Lipinski definition) is 1. The third-order valence-corrected chi connectivity index (χ3v) is 14.3. The van der Waals surface area contributed by atoms with Gasteiger partial charge in [-0.2, -0.15) is 5.10 Å². The zero-order valence-electron chi connectivity index (χ0n) is 40.1. The van der Waals surface area contributed by atoms with E-state index < -0.39 is 18.0 Å². The minimum atomic E-state index is -0.831. The molecule has 15 heteroatoms. The molecule has 6 aromatic rings. The number of piperazine rings is 1. The maximum Gasteiger partial charge on any atom is 0.339 e. The molecule has 5 heterocycles. The van der Waals surface area contributed by atoms with Gasteiger partial charge < -0.3 is 29.5 Å². The van der Waals surface area contributed by atoms with Crippen LogP contribution in [0.15, 0.2) is 102 Å². The minimum Gasteiger partial charge on any atom is -0.440 e. The second-order valence-electron chi connectivity index (χ2n) is 19.1. The number of aromatic nitrogens is 3. The lowest BCUT2D eigenvalue weighted by atomic mass is 9.89. The highest BCUT2D eigenvalue weighted by molar-refractivity contribution is 5.90. The van der Waals surface area contributed by atoms with Gasteiger partial charge in [-0.3, -0.25) is 19.1 Å². The number of esters is 2. The first kappa shape index (κ1) is 47.2. The van der Waals surface area contributed by atoms with Crippen molar-refractivity contribution in [2.75, 3.05) is 59.4 Å². The van der Waals surface area contributed by atoms with Crippen LogP contribution in [0.2, 0.25) is 0 Å². The van der Waals surface area contributed by atoms with Crippen molar-refractivity contribution in [3.05, 3.63) is 146 Å². The summed E-state index contributed by atoms with van der Waals surface area (Å²) in [5, 5.41) is 9.56. The fourth-order valence-electron chi connectivity index (χ4n) is 10.1. The van der Waals surface area contributed by atoms with Crippen molar-refractivity contribution >= 4 is 45.7 Å². The quantitative estimate of drug-likeness (QED) is 0.132. The maximum atomic E-state index is 14.6. The van der Waals surface area contributed by atoms with Gasteiger partial charge in [0.25, 0.3) is 5.56 Å². The average Bonchev–Trinajstić information content (AvgIpc) is 3.79. The SMILES string of the molecule is Cc1ccc(C(=O)OCn2cc3cc(C[C@@H](NC(=O)N4CCC(c5cc6ccccc6n(COC(=O)c6ccc(C)cc6)c5=O)CC4)C(=O)N4CCN(C5CCN(C)CC5)CC4)cc(C)c3n2)cc1. The molecule has 3 aliphatic rings. The Morgan fingerprint density at radius 1 is 0.696 bits per heavy atom. The van der Waals surface area contributed by atoms with Gasteiger partial charge in [-0.1, -0.05) is 59.7 Å². The van der Waals surface area contributed by atoms with Crippen LogP contribution in [0, 0.1) is 20.8 Å². The molecule has 15 nitrogen and oxygen atoms in total. The van der Waals surface area contributed by atoms with E-state index in [4.69, 9.17) is 14.6 Å². The van der Waals surface area contributed by atoms with Crippen molar-refractivity contribution in [3.63, 3.8) is 0 Å². The Balaban J connectivity index is 0.890. The molecule has 0 unspecified atom stereocenters. The number of amides is 3. The normalized spacial score (nSPS) is 17.0. The Hall–Kier alpha value is -6.84. The first-order chi connectivity index (χ1) is 33.4. The molecule has 0 spiro atoms. The van der Waals surface area contributed by atoms with E-state index in [1.54, 1.807) is 33.8 Å². The van der Waals surface area contributed by atoms with Crippen LogP contribution in [0.25, 0.3) is 21.8 Å². The first-order valence-corrected chi connectivity index (χ1v) is 24.2. The van der Waals surface area contributed by atoms with Gasteiger partial charge in [0.05, 0.1) is 22.2 Å². The molecule has 3 fully saturated rings. The maximum absolute atomic E-state index is 14.6. The molecule has 9 rings (SSSR count). The number of likely N-dealkylation sites (tertiary alicyclic amines) is 2. The zero-order chi connectivity index (χ0) is 48.2. The summed E-state index contributed by atoms with van der Waals surface area (Å²) in [6.07, 6.45) is 5.43. The molecule has 1 atom stereocenters. The summed E-state index contributed by atoms with van der Waals surface area (Å²) < 4.78 is 14.4. The van der Waals surface area contributed by atoms with Crippen LogP contribution in [0.5, 0.6) is 0 Å². The third-order valence-electron chi connectivity index (χ3n) is 14.3. The monoisotopic (exact) mass is 934 g/mol. The topological polar surface area (TPSA) is 152 Å². The molecule has 3 amide bonds. The van der Waals surface area contributed by atoms with Crippen LogP contribution in [-0.4, -0.2) is 129 Å². The molecule has 4 aromatic carbocycles. The van der Waals surface area contributed by atoms with Crippen molar-refractivity contribution in [1.29, 1.82) is 0 Å². The lowest BCUT2D eigenvalue weighted by Gasteiger charge is -2.43. The molecule has 3 aliphatic heterocycles. The molecule has 360 valence electrons. The minimum absolute atomic E-state index is 0.0610. The molecule has 0 bridgehead atoms. The molecule has 3 saturated heterocycles. The highest BCUT2D eigenvalue weighted by Gasteiger charge is 2.34. The lowest BCUT2D eigenvalue weighted by molar-refractivity contribution is -0.135. The van der Waals surface area contributed by atoms with E-state index in [-0.39, 0.29) is 43.3 Å². The van der Waals surface area contributed by atoms with Gasteiger partial charge >= 0.3 is 18.0 Å². The van der Waals surface area contributed by atoms with E-state index >= 15 is 0 Å². The Kier molecular flexibility index (Phi) is 14.2. The Morgan fingerprint density at radius 3 is 1.97 bits per heavy atom. The van der Waals surface area contributed by atoms with Gasteiger partial charge in [-0.25, -0.2) is 19.1 Å². The summed E-state index contributed by atoms with van der Waals surface area (Å²) in [4.78, 5) is 77.4. The van der Waals surface area contributed by atoms with Crippen molar-refractivity contribution in [1.82, 2.24) is 39.3 Å². The fraction of sp³-hybridized carbons (Fsp3) is 0.407. The predicted octanol–water partition coefficient (Wildman–Crippen LogP) is 6.64. The number of hydrogen-bond acceptors (Lipinski definition) is 10. The van der Waals surface area contributed by atoms with Gasteiger partial charge in [-0.05, 0) is 131 Å². The van der Waals surface area contributed by atoms with Crippen molar-refractivity contribution in [2.45, 2.75) is 84.3 Å². The molecule has 2 aromatic heterocycles. The van der Waals surface area contributed by atoms with E-state index in [0.717, 1.165) is 77.6 Å². The molecular weight excluding hydrogens is 873 g/mol. The van der Waals surface area contributed by atoms with Gasteiger partial charge in [0.15, 0.2) is 13.5 Å². The highest BCUT2D eigenvalue weighted by atomic mass is 16.5. The summed E-state index contributed by atoms with van der Waals surface area (Å²) in [5.74, 6) is -1.20. The number of rotatable bonds is 12. The van der Waals surface area contributed by atoms with E-state index in [9.17, 15) is 24.0 Å². The summed E-state index contributed by atoms with van der Waals surface area (Å²) in [6, 6.07) is 27.2. The second-order valence-corrected chi connectivity index (χ2v) is 19.1. The number of nitrogens with zero attached hydrogens (tertiary/aromatic N) is 7. The van der Waals surface area contributed by atoms with E-state index in [1.165, 1.54) is 4.57 Å². The van der Waals surface area contributed by atoms with E-state index in [1.807, 2.05) is 98.6 Å². The number of carbonyl (C=O) groups excluding carboxylic acids is 4. The van der Waals surface area contributed by atoms with Crippen molar-refractivity contribution in [2.24, 2.45) is 0 Å². The zero-order valence-corrected chi connectivity index (χ0v) is 40.1. The molecule has 0 radical (unpaired) electrons. The largest absolute Gasteiger partial charge is 0.440 e. The van der Waals surface area contributed by atoms with Crippen LogP contribution in [0.3, 0.4) is 0 Å². The number of aryl methyl sites for hydroxylation is 3. The first-order valence-electron chi connectivity index (χ1n) is 24.2. The Labute approximate surface area is 402 Å². The molecule has 0 aliphatic carbocycles. The molecule has 69 heavy (non-hydrogen) atoms. The summed E-state index contributed by atoms with van der Waals surface area (Å²) in [5.41, 5.74) is 6.53. The van der Waals surface area contributed by atoms with Gasteiger partial charge in [0, 0.05) is 68.9 Å². The summed E-state index contributed by atoms with van der Waals surface area (Å²) in [7, 11) is 2.16. The van der Waals surface area contributed by atoms with Gasteiger partial charge in [-0.15, -0.1) is 0 Å². The van der Waals surface area contributed by atoms with Crippen molar-refractivity contribution in [3.8, 4) is 0 Å². The lowest BCUT2D eigenvalue weighted by Crippen LogP contribution is -2.59. The van der Waals surface area contributed by atoms with Crippen LogP contribution in [0.1, 0.15) is 80.1 Å². The number of carbonyl (C=O) groups is 4. The Morgan fingerprint density at radius 2 is 1.32 bits per heavy atom. The van der Waals surface area contributed by atoms with Crippen LogP contribution >= 0.6 is 0 Å². The number of pyridine rings is 1. The predicted molar refractivity (Wildman–Crippen MR) is 264 cm³/mol. The number of para-hydroxylation sites is 1.